The summed E-state index contributed by atoms with van der Waals surface area (Å²) in [6, 6.07) is 14.7. The van der Waals surface area contributed by atoms with Crippen molar-refractivity contribution < 1.29 is 37.1 Å². The Morgan fingerprint density at radius 1 is 1.02 bits per heavy atom. The SMILES string of the molecule is CCc1cc(N2C(=S)N(c3cnc(C#N)c(C(F)(F)F)c3)C(=O)C23CCC3)ccc1OCCN1CCN(C2(C(=O)Nc3cccc(NC4CCC(=O)CC4=O)c3)CC2)CC1. The molecule has 1 aromatic heterocycles. The molecule has 2 aromatic carbocycles. The number of hydrogen-bond donors (Lipinski definition) is 2. The highest BCUT2D eigenvalue weighted by Crippen LogP contribution is 2.49. The maximum Gasteiger partial charge on any atom is 0.419 e. The van der Waals surface area contributed by atoms with Crippen LogP contribution in [-0.4, -0.2) is 99.7 Å². The number of ether oxygens (including phenoxy) is 1. The molecule has 17 heteroatoms. The van der Waals surface area contributed by atoms with Gasteiger partial charge in [-0.05, 0) is 105 Å². The number of anilines is 4. The number of carbonyl (C=O) groups is 4. The molecule has 2 amide bonds. The highest BCUT2D eigenvalue weighted by atomic mass is 32.1. The second-order valence-corrected chi connectivity index (χ2v) is 16.5. The molecule has 5 aliphatic rings. The summed E-state index contributed by atoms with van der Waals surface area (Å²) in [4.78, 5) is 62.7. The van der Waals surface area contributed by atoms with Gasteiger partial charge < -0.3 is 20.3 Å². The van der Waals surface area contributed by atoms with Gasteiger partial charge in [0.1, 0.15) is 35.3 Å². The number of hydrogen-bond acceptors (Lipinski definition) is 11. The van der Waals surface area contributed by atoms with Gasteiger partial charge in [-0.1, -0.05) is 13.0 Å². The zero-order chi connectivity index (χ0) is 42.4. The maximum atomic E-state index is 14.0. The summed E-state index contributed by atoms with van der Waals surface area (Å²) in [6.45, 7) is 6.10. The number of pyridine rings is 1. The lowest BCUT2D eigenvalue weighted by molar-refractivity contribution is -0.138. The number of ketones is 2. The average Bonchev–Trinajstić information content (AvgIpc) is 3.99. The number of aryl methyl sites for hydroxylation is 1. The molecule has 0 radical (unpaired) electrons. The van der Waals surface area contributed by atoms with Crippen molar-refractivity contribution in [3.8, 4) is 11.8 Å². The summed E-state index contributed by atoms with van der Waals surface area (Å²) >= 11 is 5.79. The zero-order valence-electron chi connectivity index (χ0n) is 33.1. The van der Waals surface area contributed by atoms with E-state index in [0.717, 1.165) is 73.9 Å². The third kappa shape index (κ3) is 7.72. The van der Waals surface area contributed by atoms with Crippen LogP contribution in [0.4, 0.5) is 35.9 Å². The van der Waals surface area contributed by atoms with Crippen LogP contribution in [0.2, 0.25) is 0 Å². The fourth-order valence-corrected chi connectivity index (χ4v) is 9.33. The Kier molecular flexibility index (Phi) is 11.2. The summed E-state index contributed by atoms with van der Waals surface area (Å²) in [5, 5.41) is 15.6. The van der Waals surface area contributed by atoms with Crippen molar-refractivity contribution in [3.05, 3.63) is 71.5 Å². The van der Waals surface area contributed by atoms with Crippen LogP contribution in [0.25, 0.3) is 0 Å². The minimum Gasteiger partial charge on any atom is -0.492 e. The molecule has 2 N–H and O–H groups in total. The van der Waals surface area contributed by atoms with Crippen molar-refractivity contribution >= 4 is 63.5 Å². The Balaban J connectivity index is 0.858. The number of amides is 2. The minimum absolute atomic E-state index is 0.0288. The van der Waals surface area contributed by atoms with Crippen LogP contribution in [-0.2, 0) is 31.8 Å². The summed E-state index contributed by atoms with van der Waals surface area (Å²) < 4.78 is 47.8. The molecule has 2 aliphatic heterocycles. The molecule has 2 saturated heterocycles. The van der Waals surface area contributed by atoms with Gasteiger partial charge in [-0.3, -0.25) is 33.9 Å². The summed E-state index contributed by atoms with van der Waals surface area (Å²) in [6.07, 6.45) is 0.942. The van der Waals surface area contributed by atoms with Gasteiger partial charge in [0.05, 0.1) is 29.9 Å². The third-order valence-corrected chi connectivity index (χ3v) is 12.9. The van der Waals surface area contributed by atoms with Gasteiger partial charge in [0, 0.05) is 56.2 Å². The molecule has 3 saturated carbocycles. The number of carbonyl (C=O) groups excluding carboxylic acids is 4. The number of halogens is 3. The smallest absolute Gasteiger partial charge is 0.419 e. The van der Waals surface area contributed by atoms with Crippen LogP contribution in [0.1, 0.15) is 75.1 Å². The minimum atomic E-state index is -4.84. The number of thiocarbonyl (C=S) groups is 1. The van der Waals surface area contributed by atoms with E-state index < -0.39 is 40.5 Å². The van der Waals surface area contributed by atoms with E-state index in [1.165, 1.54) is 6.07 Å². The van der Waals surface area contributed by atoms with Crippen LogP contribution in [0, 0.1) is 11.3 Å². The highest BCUT2D eigenvalue weighted by Gasteiger charge is 2.60. The van der Waals surface area contributed by atoms with Crippen molar-refractivity contribution in [2.45, 2.75) is 88.0 Å². The summed E-state index contributed by atoms with van der Waals surface area (Å²) in [5.74, 6) is 0.0939. The topological polar surface area (TPSA) is 151 Å². The van der Waals surface area contributed by atoms with Crippen molar-refractivity contribution in [1.29, 1.82) is 5.26 Å². The zero-order valence-corrected chi connectivity index (χ0v) is 34.0. The number of benzene rings is 2. The Morgan fingerprint density at radius 2 is 1.77 bits per heavy atom. The van der Waals surface area contributed by atoms with Gasteiger partial charge in [0.2, 0.25) is 5.91 Å². The Morgan fingerprint density at radius 3 is 2.42 bits per heavy atom. The number of aromatic nitrogens is 1. The third-order valence-electron chi connectivity index (χ3n) is 12.5. The van der Waals surface area contributed by atoms with Crippen LogP contribution in [0.3, 0.4) is 0 Å². The van der Waals surface area contributed by atoms with Crippen molar-refractivity contribution in [1.82, 2.24) is 14.8 Å². The molecule has 3 heterocycles. The van der Waals surface area contributed by atoms with E-state index in [1.807, 2.05) is 49.4 Å². The van der Waals surface area contributed by atoms with Crippen LogP contribution in [0.15, 0.2) is 54.7 Å². The number of nitrogens with one attached hydrogen (secondary N) is 2. The molecule has 3 aromatic rings. The van der Waals surface area contributed by atoms with Crippen LogP contribution in [0.5, 0.6) is 5.75 Å². The van der Waals surface area contributed by atoms with Gasteiger partial charge >= 0.3 is 6.18 Å². The van der Waals surface area contributed by atoms with E-state index in [2.05, 4.69) is 25.4 Å². The molecule has 1 unspecified atom stereocenters. The first-order valence-electron chi connectivity index (χ1n) is 20.4. The fourth-order valence-electron chi connectivity index (χ4n) is 8.86. The molecule has 3 aliphatic carbocycles. The molecule has 1 spiro atoms. The lowest BCUT2D eigenvalue weighted by atomic mass is 9.75. The van der Waals surface area contributed by atoms with E-state index in [9.17, 15) is 37.6 Å². The fraction of sp³-hybridized carbons (Fsp3) is 0.465. The molecule has 0 bridgehead atoms. The Hall–Kier alpha value is -5.44. The first-order valence-corrected chi connectivity index (χ1v) is 20.8. The molecular weight excluding hydrogens is 798 g/mol. The molecule has 1 atom stereocenters. The van der Waals surface area contributed by atoms with E-state index in [-0.39, 0.29) is 34.7 Å². The number of Topliss-reactive ketones (excluding diaryl/α,β-unsaturated/α-hetero) is 2. The lowest BCUT2D eigenvalue weighted by Gasteiger charge is -2.43. The van der Waals surface area contributed by atoms with Gasteiger partial charge in [-0.25, -0.2) is 4.98 Å². The second-order valence-electron chi connectivity index (χ2n) is 16.1. The predicted octanol–water partition coefficient (Wildman–Crippen LogP) is 5.87. The second kappa shape index (κ2) is 16.2. The van der Waals surface area contributed by atoms with E-state index in [1.54, 1.807) is 4.90 Å². The molecule has 13 nitrogen and oxygen atoms in total. The van der Waals surface area contributed by atoms with Crippen molar-refractivity contribution in [2.75, 3.05) is 59.8 Å². The molecule has 314 valence electrons. The van der Waals surface area contributed by atoms with E-state index >= 15 is 0 Å². The monoisotopic (exact) mass is 842 g/mol. The van der Waals surface area contributed by atoms with Crippen LogP contribution < -0.4 is 25.2 Å². The lowest BCUT2D eigenvalue weighted by Crippen LogP contribution is -2.55. The molecular formula is C43H45F3N8O5S. The van der Waals surface area contributed by atoms with E-state index in [4.69, 9.17) is 17.0 Å². The van der Waals surface area contributed by atoms with Gasteiger partial charge in [-0.15, -0.1) is 0 Å². The standard InChI is InChI=1S/C43H45F3N8O5S/c1-2-27-21-30(54-40(60)53(39(58)42(54)11-4-12-42)31-23-33(43(44,45)46)35(25-47)48-26-31)7-10-37(27)59-20-19-51-15-17-52(18-16-51)41(13-14-41)38(57)50-29-6-3-5-28(22-29)49-34-9-8-32(55)24-36(34)56/h3,5-7,10,21-23,26,34,49H,2,4,8-9,11-20,24H2,1H3,(H,50,57). The van der Waals surface area contributed by atoms with Crippen molar-refractivity contribution in [2.24, 2.45) is 0 Å². The Bertz CT molecular complexity index is 2280. The Labute approximate surface area is 350 Å². The van der Waals surface area contributed by atoms with Gasteiger partial charge in [0.25, 0.3) is 5.91 Å². The highest BCUT2D eigenvalue weighted by molar-refractivity contribution is 7.81. The summed E-state index contributed by atoms with van der Waals surface area (Å²) in [7, 11) is 0. The van der Waals surface area contributed by atoms with Gasteiger partial charge in [0.15, 0.2) is 16.6 Å². The first-order chi connectivity index (χ1) is 28.8. The first kappa shape index (κ1) is 41.3. The summed E-state index contributed by atoms with van der Waals surface area (Å²) in [5.41, 5.74) is -0.813. The number of piperazine rings is 1. The normalized spacial score (nSPS) is 21.5. The predicted molar refractivity (Wildman–Crippen MR) is 221 cm³/mol. The molecule has 8 rings (SSSR count). The number of nitrogens with zero attached hydrogens (tertiary/aromatic N) is 6. The largest absolute Gasteiger partial charge is 0.492 e. The number of nitriles is 1. The van der Waals surface area contributed by atoms with Crippen molar-refractivity contribution in [3.63, 3.8) is 0 Å². The van der Waals surface area contributed by atoms with E-state index in [0.29, 0.717) is 62.4 Å². The molecule has 60 heavy (non-hydrogen) atoms. The van der Waals surface area contributed by atoms with Crippen LogP contribution >= 0.6 is 12.2 Å². The number of alkyl halides is 3. The number of rotatable bonds is 12. The van der Waals surface area contributed by atoms with Gasteiger partial charge in [-0.2, -0.15) is 18.4 Å². The molecule has 5 fully saturated rings. The average molecular weight is 843 g/mol. The quantitative estimate of drug-likeness (QED) is 0.166. The maximum absolute atomic E-state index is 14.0.